The molecule has 2 heterocycles. The molecule has 2 aromatic heterocycles. The molecular formula is C20H22N4O3. The lowest BCUT2D eigenvalue weighted by Crippen LogP contribution is -2.33. The Labute approximate surface area is 157 Å². The largest absolute Gasteiger partial charge is 0.497 e. The molecule has 7 nitrogen and oxygen atoms in total. The quantitative estimate of drug-likeness (QED) is 0.702. The van der Waals surface area contributed by atoms with Gasteiger partial charge in [-0.2, -0.15) is 0 Å². The number of imidazole rings is 1. The van der Waals surface area contributed by atoms with Crippen LogP contribution in [0.25, 0.3) is 5.52 Å². The summed E-state index contributed by atoms with van der Waals surface area (Å²) in [6.45, 7) is 3.91. The second-order valence-electron chi connectivity index (χ2n) is 6.21. The second kappa shape index (κ2) is 7.90. The van der Waals surface area contributed by atoms with Gasteiger partial charge in [-0.05, 0) is 37.6 Å². The van der Waals surface area contributed by atoms with Crippen molar-refractivity contribution in [2.75, 3.05) is 12.4 Å². The van der Waals surface area contributed by atoms with Gasteiger partial charge in [0.1, 0.15) is 5.75 Å². The number of hydrogen-bond acceptors (Lipinski definition) is 4. The highest BCUT2D eigenvalue weighted by atomic mass is 16.5. The summed E-state index contributed by atoms with van der Waals surface area (Å²) in [6.07, 6.45) is 2.52. The first-order valence-corrected chi connectivity index (χ1v) is 8.76. The van der Waals surface area contributed by atoms with Gasteiger partial charge in [0.2, 0.25) is 5.82 Å². The molecule has 1 aromatic carbocycles. The number of anilines is 1. The van der Waals surface area contributed by atoms with E-state index in [-0.39, 0.29) is 23.5 Å². The number of hydrogen-bond donors (Lipinski definition) is 2. The van der Waals surface area contributed by atoms with Gasteiger partial charge in [-0.1, -0.05) is 19.1 Å². The van der Waals surface area contributed by atoms with Gasteiger partial charge in [0.25, 0.3) is 11.8 Å². The van der Waals surface area contributed by atoms with Crippen LogP contribution in [-0.2, 0) is 0 Å². The molecule has 1 unspecified atom stereocenters. The fraction of sp³-hybridized carbons (Fsp3) is 0.250. The molecule has 140 valence electrons. The van der Waals surface area contributed by atoms with E-state index in [1.54, 1.807) is 60.2 Å². The van der Waals surface area contributed by atoms with Crippen molar-refractivity contribution in [1.29, 1.82) is 0 Å². The van der Waals surface area contributed by atoms with E-state index in [2.05, 4.69) is 15.6 Å². The number of nitrogens with one attached hydrogen (secondary N) is 2. The van der Waals surface area contributed by atoms with E-state index >= 15 is 0 Å². The van der Waals surface area contributed by atoms with Crippen LogP contribution in [0.5, 0.6) is 5.75 Å². The van der Waals surface area contributed by atoms with Crippen molar-refractivity contribution in [1.82, 2.24) is 14.7 Å². The molecule has 0 aliphatic heterocycles. The van der Waals surface area contributed by atoms with Crippen LogP contribution in [0.4, 0.5) is 5.69 Å². The zero-order valence-electron chi connectivity index (χ0n) is 15.5. The summed E-state index contributed by atoms with van der Waals surface area (Å²) >= 11 is 0. The van der Waals surface area contributed by atoms with Gasteiger partial charge in [0.05, 0.1) is 12.6 Å². The number of benzene rings is 1. The summed E-state index contributed by atoms with van der Waals surface area (Å²) in [4.78, 5) is 29.7. The van der Waals surface area contributed by atoms with Crippen LogP contribution >= 0.6 is 0 Å². The highest BCUT2D eigenvalue weighted by molar-refractivity contribution is 6.09. The summed E-state index contributed by atoms with van der Waals surface area (Å²) in [5.41, 5.74) is 1.34. The van der Waals surface area contributed by atoms with Crippen molar-refractivity contribution in [2.45, 2.75) is 26.3 Å². The molecule has 3 rings (SSSR count). The number of pyridine rings is 1. The van der Waals surface area contributed by atoms with Gasteiger partial charge in [-0.3, -0.25) is 14.0 Å². The van der Waals surface area contributed by atoms with Crippen LogP contribution in [0.2, 0.25) is 0 Å². The standard InChI is InChI=1S/C20H22N4O3/c1-4-13(2)21-20(26)18-23-17(16-10-5-6-11-24(16)18)19(25)22-14-8-7-9-15(12-14)27-3/h5-13H,4H2,1-3H3,(H,21,26)(H,22,25). The highest BCUT2D eigenvalue weighted by Crippen LogP contribution is 2.19. The van der Waals surface area contributed by atoms with E-state index < -0.39 is 5.91 Å². The van der Waals surface area contributed by atoms with Crippen molar-refractivity contribution in [2.24, 2.45) is 0 Å². The Bertz CT molecular complexity index is 980. The van der Waals surface area contributed by atoms with Crippen molar-refractivity contribution in [3.63, 3.8) is 0 Å². The van der Waals surface area contributed by atoms with E-state index in [0.717, 1.165) is 6.42 Å². The van der Waals surface area contributed by atoms with Gasteiger partial charge in [0, 0.05) is 24.0 Å². The van der Waals surface area contributed by atoms with Crippen LogP contribution < -0.4 is 15.4 Å². The summed E-state index contributed by atoms with van der Waals surface area (Å²) in [6, 6.07) is 12.4. The minimum Gasteiger partial charge on any atom is -0.497 e. The van der Waals surface area contributed by atoms with Crippen molar-refractivity contribution in [3.05, 3.63) is 60.2 Å². The van der Waals surface area contributed by atoms with Crippen LogP contribution in [0.3, 0.4) is 0 Å². The third-order valence-corrected chi connectivity index (χ3v) is 4.28. The molecule has 0 radical (unpaired) electrons. The average Bonchev–Trinajstić information content (AvgIpc) is 3.08. The Hall–Kier alpha value is -3.35. The zero-order chi connectivity index (χ0) is 19.4. The molecule has 0 aliphatic rings. The maximum absolute atomic E-state index is 12.8. The maximum atomic E-state index is 12.8. The van der Waals surface area contributed by atoms with Gasteiger partial charge >= 0.3 is 0 Å². The number of carbonyl (C=O) groups excluding carboxylic acids is 2. The number of carbonyl (C=O) groups is 2. The number of fused-ring (bicyclic) bond motifs is 1. The van der Waals surface area contributed by atoms with Crippen LogP contribution in [0.15, 0.2) is 48.7 Å². The van der Waals surface area contributed by atoms with Crippen LogP contribution in [0, 0.1) is 0 Å². The molecule has 7 heteroatoms. The van der Waals surface area contributed by atoms with Gasteiger partial charge in [0.15, 0.2) is 5.69 Å². The molecule has 0 aliphatic carbocycles. The Balaban J connectivity index is 1.94. The van der Waals surface area contributed by atoms with E-state index in [0.29, 0.717) is 17.0 Å². The Morgan fingerprint density at radius 1 is 1.19 bits per heavy atom. The molecule has 0 spiro atoms. The SMILES string of the molecule is CCC(C)NC(=O)c1nc(C(=O)Nc2cccc(OC)c2)c2ccccn12. The third kappa shape index (κ3) is 3.92. The first-order valence-electron chi connectivity index (χ1n) is 8.76. The fourth-order valence-corrected chi connectivity index (χ4v) is 2.65. The first-order chi connectivity index (χ1) is 13.0. The van der Waals surface area contributed by atoms with Crippen molar-refractivity contribution < 1.29 is 14.3 Å². The summed E-state index contributed by atoms with van der Waals surface area (Å²) in [7, 11) is 1.56. The summed E-state index contributed by atoms with van der Waals surface area (Å²) in [5.74, 6) is 0.110. The van der Waals surface area contributed by atoms with Crippen molar-refractivity contribution >= 4 is 23.0 Å². The number of ether oxygens (including phenoxy) is 1. The van der Waals surface area contributed by atoms with Crippen LogP contribution in [0.1, 0.15) is 41.4 Å². The maximum Gasteiger partial charge on any atom is 0.287 e. The number of nitrogens with zero attached hydrogens (tertiary/aromatic N) is 2. The van der Waals surface area contributed by atoms with E-state index in [1.165, 1.54) is 0 Å². The van der Waals surface area contributed by atoms with Gasteiger partial charge < -0.3 is 15.4 Å². The van der Waals surface area contributed by atoms with E-state index in [1.807, 2.05) is 13.8 Å². The molecule has 2 N–H and O–H groups in total. The van der Waals surface area contributed by atoms with Gasteiger partial charge in [-0.25, -0.2) is 4.98 Å². The van der Waals surface area contributed by atoms with E-state index in [9.17, 15) is 9.59 Å². The molecule has 1 atom stereocenters. The predicted octanol–water partition coefficient (Wildman–Crippen LogP) is 3.12. The zero-order valence-corrected chi connectivity index (χ0v) is 15.5. The van der Waals surface area contributed by atoms with Crippen molar-refractivity contribution in [3.8, 4) is 5.75 Å². The predicted molar refractivity (Wildman–Crippen MR) is 103 cm³/mol. The third-order valence-electron chi connectivity index (χ3n) is 4.28. The highest BCUT2D eigenvalue weighted by Gasteiger charge is 2.22. The summed E-state index contributed by atoms with van der Waals surface area (Å²) in [5, 5.41) is 5.69. The van der Waals surface area contributed by atoms with Gasteiger partial charge in [-0.15, -0.1) is 0 Å². The fourth-order valence-electron chi connectivity index (χ4n) is 2.65. The molecule has 0 fully saturated rings. The molecule has 0 saturated carbocycles. The van der Waals surface area contributed by atoms with Crippen LogP contribution in [-0.4, -0.2) is 34.4 Å². The Morgan fingerprint density at radius 3 is 2.74 bits per heavy atom. The Kier molecular flexibility index (Phi) is 5.40. The lowest BCUT2D eigenvalue weighted by molar-refractivity contribution is 0.0928. The molecule has 0 saturated heterocycles. The molecule has 27 heavy (non-hydrogen) atoms. The van der Waals surface area contributed by atoms with E-state index in [4.69, 9.17) is 4.74 Å². The number of amides is 2. The molecular weight excluding hydrogens is 344 g/mol. The topological polar surface area (TPSA) is 84.7 Å². The second-order valence-corrected chi connectivity index (χ2v) is 6.21. The monoisotopic (exact) mass is 366 g/mol. The lowest BCUT2D eigenvalue weighted by atomic mass is 10.2. The number of methoxy groups -OCH3 is 1. The number of aromatic nitrogens is 2. The molecule has 2 amide bonds. The molecule has 3 aromatic rings. The minimum absolute atomic E-state index is 0.0163. The Morgan fingerprint density at radius 2 is 2.00 bits per heavy atom. The number of rotatable bonds is 6. The normalized spacial score (nSPS) is 11.8. The smallest absolute Gasteiger partial charge is 0.287 e. The minimum atomic E-state index is -0.394. The first kappa shape index (κ1) is 18.4. The lowest BCUT2D eigenvalue weighted by Gasteiger charge is -2.10. The average molecular weight is 366 g/mol. The molecule has 0 bridgehead atoms. The summed E-state index contributed by atoms with van der Waals surface area (Å²) < 4.78 is 6.79.